The Hall–Kier alpha value is -2.92. The van der Waals surface area contributed by atoms with Crippen LogP contribution in [0.15, 0.2) is 66.2 Å². The molecule has 0 aromatic heterocycles. The molecule has 1 N–H and O–H groups in total. The third-order valence-corrected chi connectivity index (χ3v) is 4.71. The van der Waals surface area contributed by atoms with Crippen LogP contribution in [0.2, 0.25) is 0 Å². The minimum absolute atomic E-state index is 0.127. The maximum Gasteiger partial charge on any atom is 0.295 e. The molecule has 1 unspecified atom stereocenters. The zero-order valence-corrected chi connectivity index (χ0v) is 15.6. The molecular weight excluding hydrogens is 340 g/mol. The molecule has 2 aromatic rings. The normalized spacial score (nSPS) is 19.1. The zero-order chi connectivity index (χ0) is 19.4. The van der Waals surface area contributed by atoms with Crippen molar-refractivity contribution in [3.8, 4) is 0 Å². The number of hydrogen-bond donors (Lipinski definition) is 1. The third kappa shape index (κ3) is 3.93. The van der Waals surface area contributed by atoms with Crippen LogP contribution in [0.3, 0.4) is 0 Å². The highest BCUT2D eigenvalue weighted by Crippen LogP contribution is 2.39. The van der Waals surface area contributed by atoms with E-state index in [1.54, 1.807) is 29.2 Å². The Kier molecular flexibility index (Phi) is 5.72. The number of rotatable bonds is 6. The topological polar surface area (TPSA) is 60.9 Å². The maximum atomic E-state index is 12.8. The molecule has 27 heavy (non-hydrogen) atoms. The quantitative estimate of drug-likeness (QED) is 0.486. The van der Waals surface area contributed by atoms with Gasteiger partial charge in [-0.05, 0) is 32.6 Å². The lowest BCUT2D eigenvalue weighted by Gasteiger charge is -2.26. The van der Waals surface area contributed by atoms with Crippen molar-refractivity contribution < 1.29 is 14.7 Å². The summed E-state index contributed by atoms with van der Waals surface area (Å²) < 4.78 is 0. The fraction of sp³-hybridized carbons (Fsp3) is 0.273. The third-order valence-electron chi connectivity index (χ3n) is 4.71. The molecule has 0 spiro atoms. The van der Waals surface area contributed by atoms with Crippen LogP contribution in [-0.2, 0) is 9.59 Å². The van der Waals surface area contributed by atoms with Crippen LogP contribution in [0.25, 0.3) is 5.76 Å². The van der Waals surface area contributed by atoms with Crippen molar-refractivity contribution in [2.24, 2.45) is 0 Å². The molecule has 0 radical (unpaired) electrons. The smallest absolute Gasteiger partial charge is 0.295 e. The molecule has 1 fully saturated rings. The van der Waals surface area contributed by atoms with Crippen molar-refractivity contribution in [1.82, 2.24) is 9.80 Å². The second-order valence-electron chi connectivity index (χ2n) is 6.93. The SMILES string of the molecule is CN(C)CCCN1C(=O)C(=O)/C(=C(\O)c2ccccc2)C1c1ccccc1. The Bertz CT molecular complexity index is 844. The zero-order valence-electron chi connectivity index (χ0n) is 15.6. The summed E-state index contributed by atoms with van der Waals surface area (Å²) in [7, 11) is 3.94. The van der Waals surface area contributed by atoms with Crippen molar-refractivity contribution in [2.45, 2.75) is 12.5 Å². The van der Waals surface area contributed by atoms with E-state index in [4.69, 9.17) is 0 Å². The van der Waals surface area contributed by atoms with Gasteiger partial charge in [0.2, 0.25) is 0 Å². The molecule has 1 heterocycles. The first-order valence-corrected chi connectivity index (χ1v) is 9.04. The number of likely N-dealkylation sites (tertiary alicyclic amines) is 1. The van der Waals surface area contributed by atoms with Gasteiger partial charge in [-0.15, -0.1) is 0 Å². The number of aliphatic hydroxyl groups is 1. The number of hydrogen-bond acceptors (Lipinski definition) is 4. The highest BCUT2D eigenvalue weighted by atomic mass is 16.3. The van der Waals surface area contributed by atoms with E-state index in [-0.39, 0.29) is 11.3 Å². The lowest BCUT2D eigenvalue weighted by molar-refractivity contribution is -0.139. The molecule has 2 aromatic carbocycles. The molecule has 5 nitrogen and oxygen atoms in total. The highest BCUT2D eigenvalue weighted by molar-refractivity contribution is 6.46. The Morgan fingerprint density at radius 1 is 1.00 bits per heavy atom. The predicted octanol–water partition coefficient (Wildman–Crippen LogP) is 3.06. The lowest BCUT2D eigenvalue weighted by Crippen LogP contribution is -2.32. The van der Waals surface area contributed by atoms with E-state index in [9.17, 15) is 14.7 Å². The summed E-state index contributed by atoms with van der Waals surface area (Å²) in [6, 6.07) is 17.7. The summed E-state index contributed by atoms with van der Waals surface area (Å²) in [6.07, 6.45) is 0.745. The lowest BCUT2D eigenvalue weighted by atomic mass is 9.95. The molecule has 140 valence electrons. The molecule has 0 bridgehead atoms. The first kappa shape index (κ1) is 18.9. The number of amides is 1. The Labute approximate surface area is 159 Å². The van der Waals surface area contributed by atoms with Gasteiger partial charge in [-0.25, -0.2) is 0 Å². The minimum Gasteiger partial charge on any atom is -0.507 e. The van der Waals surface area contributed by atoms with Crippen molar-refractivity contribution in [3.05, 3.63) is 77.4 Å². The van der Waals surface area contributed by atoms with Crippen molar-refractivity contribution in [2.75, 3.05) is 27.2 Å². The van der Waals surface area contributed by atoms with Crippen LogP contribution >= 0.6 is 0 Å². The van der Waals surface area contributed by atoms with Gasteiger partial charge in [0.25, 0.3) is 11.7 Å². The van der Waals surface area contributed by atoms with E-state index < -0.39 is 17.7 Å². The van der Waals surface area contributed by atoms with E-state index >= 15 is 0 Å². The van der Waals surface area contributed by atoms with E-state index in [1.165, 1.54) is 0 Å². The van der Waals surface area contributed by atoms with Crippen molar-refractivity contribution in [1.29, 1.82) is 0 Å². The summed E-state index contributed by atoms with van der Waals surface area (Å²) in [4.78, 5) is 29.1. The second kappa shape index (κ2) is 8.18. The second-order valence-corrected chi connectivity index (χ2v) is 6.93. The van der Waals surface area contributed by atoms with E-state index in [0.29, 0.717) is 12.1 Å². The summed E-state index contributed by atoms with van der Waals surface area (Å²) in [6.45, 7) is 1.26. The van der Waals surface area contributed by atoms with Gasteiger partial charge in [-0.3, -0.25) is 9.59 Å². The number of carbonyl (C=O) groups excluding carboxylic acids is 2. The van der Waals surface area contributed by atoms with E-state index in [0.717, 1.165) is 18.5 Å². The average molecular weight is 364 g/mol. The number of carbonyl (C=O) groups is 2. The fourth-order valence-corrected chi connectivity index (χ4v) is 3.40. The van der Waals surface area contributed by atoms with Crippen LogP contribution in [0.1, 0.15) is 23.6 Å². The van der Waals surface area contributed by atoms with Gasteiger partial charge in [0.15, 0.2) is 0 Å². The van der Waals surface area contributed by atoms with E-state index in [2.05, 4.69) is 0 Å². The van der Waals surface area contributed by atoms with Crippen LogP contribution < -0.4 is 0 Å². The van der Waals surface area contributed by atoms with Gasteiger partial charge in [0.05, 0.1) is 11.6 Å². The highest BCUT2D eigenvalue weighted by Gasteiger charge is 2.45. The van der Waals surface area contributed by atoms with Crippen molar-refractivity contribution in [3.63, 3.8) is 0 Å². The Morgan fingerprint density at radius 2 is 1.59 bits per heavy atom. The van der Waals surface area contributed by atoms with E-state index in [1.807, 2.05) is 55.4 Å². The molecule has 0 aliphatic carbocycles. The molecule has 5 heteroatoms. The first-order chi connectivity index (χ1) is 13.0. The van der Waals surface area contributed by atoms with Crippen LogP contribution in [-0.4, -0.2) is 53.8 Å². The number of benzene rings is 2. The molecule has 1 aliphatic rings. The average Bonchev–Trinajstić information content (AvgIpc) is 2.93. The number of nitrogens with zero attached hydrogens (tertiary/aromatic N) is 2. The summed E-state index contributed by atoms with van der Waals surface area (Å²) in [5, 5.41) is 10.8. The van der Waals surface area contributed by atoms with Gasteiger partial charge in [-0.2, -0.15) is 0 Å². The predicted molar refractivity (Wildman–Crippen MR) is 105 cm³/mol. The van der Waals surface area contributed by atoms with Crippen molar-refractivity contribution >= 4 is 17.4 Å². The van der Waals surface area contributed by atoms with Gasteiger partial charge < -0.3 is 14.9 Å². The first-order valence-electron chi connectivity index (χ1n) is 9.04. The number of aliphatic hydroxyl groups excluding tert-OH is 1. The molecule has 1 amide bonds. The Morgan fingerprint density at radius 3 is 2.19 bits per heavy atom. The molecule has 0 saturated carbocycles. The Balaban J connectivity index is 2.05. The summed E-state index contributed by atoms with van der Waals surface area (Å²) in [5.41, 5.74) is 1.51. The summed E-state index contributed by atoms with van der Waals surface area (Å²) in [5.74, 6) is -1.31. The van der Waals surface area contributed by atoms with Gasteiger partial charge in [0, 0.05) is 12.1 Å². The molecule has 1 aliphatic heterocycles. The van der Waals surface area contributed by atoms with Crippen LogP contribution in [0.4, 0.5) is 0 Å². The monoisotopic (exact) mass is 364 g/mol. The molecule has 1 saturated heterocycles. The van der Waals surface area contributed by atoms with Gasteiger partial charge in [0.1, 0.15) is 5.76 Å². The fourth-order valence-electron chi connectivity index (χ4n) is 3.40. The standard InChI is InChI=1S/C22H24N2O3/c1-23(2)14-9-15-24-19(16-10-5-3-6-11-16)18(21(26)22(24)27)20(25)17-12-7-4-8-13-17/h3-8,10-13,19,25H,9,14-15H2,1-2H3/b20-18-. The number of ketones is 1. The largest absolute Gasteiger partial charge is 0.507 e. The van der Waals surface area contributed by atoms with Crippen LogP contribution in [0.5, 0.6) is 0 Å². The van der Waals surface area contributed by atoms with Crippen LogP contribution in [0, 0.1) is 0 Å². The molecule has 1 atom stereocenters. The maximum absolute atomic E-state index is 12.8. The van der Waals surface area contributed by atoms with Gasteiger partial charge >= 0.3 is 0 Å². The molecular formula is C22H24N2O3. The molecule has 3 rings (SSSR count). The summed E-state index contributed by atoms with van der Waals surface area (Å²) >= 11 is 0. The minimum atomic E-state index is -0.630. The van der Waals surface area contributed by atoms with Gasteiger partial charge in [-0.1, -0.05) is 60.7 Å². The number of Topliss-reactive ketones (excluding diaryl/α,β-unsaturated/α-hetero) is 1.